The van der Waals surface area contributed by atoms with Gasteiger partial charge in [0.25, 0.3) is 0 Å². The van der Waals surface area contributed by atoms with Gasteiger partial charge >= 0.3 is 0 Å². The number of hydrazine groups is 1. The molecule has 2 unspecified atom stereocenters. The third kappa shape index (κ3) is 2.78. The van der Waals surface area contributed by atoms with Crippen molar-refractivity contribution < 1.29 is 4.74 Å². The van der Waals surface area contributed by atoms with E-state index in [0.717, 1.165) is 44.0 Å². The van der Waals surface area contributed by atoms with E-state index in [9.17, 15) is 0 Å². The molecule has 1 aliphatic rings. The summed E-state index contributed by atoms with van der Waals surface area (Å²) in [6.45, 7) is 7.72. The van der Waals surface area contributed by atoms with Crippen LogP contribution in [0.15, 0.2) is 18.5 Å². The third-order valence-corrected chi connectivity index (χ3v) is 4.44. The van der Waals surface area contributed by atoms with Crippen LogP contribution in [-0.2, 0) is 4.74 Å². The highest BCUT2D eigenvalue weighted by atomic mass is 16.5. The van der Waals surface area contributed by atoms with Crippen LogP contribution in [0.5, 0.6) is 0 Å². The topological polar surface area (TPSA) is 89.4 Å². The Morgan fingerprint density at radius 2 is 2.20 bits per heavy atom. The number of anilines is 1. The van der Waals surface area contributed by atoms with Crippen molar-refractivity contribution in [3.8, 4) is 0 Å². The molecule has 0 aliphatic carbocycles. The van der Waals surface area contributed by atoms with E-state index in [1.807, 2.05) is 6.07 Å². The maximum absolute atomic E-state index is 6.10. The summed E-state index contributed by atoms with van der Waals surface area (Å²) in [4.78, 5) is 6.61. The van der Waals surface area contributed by atoms with E-state index >= 15 is 0 Å². The van der Waals surface area contributed by atoms with Gasteiger partial charge in [-0.25, -0.2) is 0 Å². The number of morpholine rings is 1. The molecule has 5 N–H and O–H groups in total. The molecular formula is C14H25N5O. The van der Waals surface area contributed by atoms with Gasteiger partial charge in [0.15, 0.2) is 0 Å². The molecule has 1 saturated heterocycles. The van der Waals surface area contributed by atoms with Gasteiger partial charge in [0.2, 0.25) is 0 Å². The smallest absolute Gasteiger partial charge is 0.0676 e. The molecule has 2 heterocycles. The van der Waals surface area contributed by atoms with Gasteiger partial charge in [0, 0.05) is 42.3 Å². The summed E-state index contributed by atoms with van der Waals surface area (Å²) < 4.78 is 5.45. The highest BCUT2D eigenvalue weighted by Crippen LogP contribution is 2.36. The molecule has 0 amide bonds. The zero-order valence-electron chi connectivity index (χ0n) is 12.3. The zero-order chi connectivity index (χ0) is 14.6. The third-order valence-electron chi connectivity index (χ3n) is 4.44. The van der Waals surface area contributed by atoms with Gasteiger partial charge in [-0.1, -0.05) is 6.92 Å². The zero-order valence-corrected chi connectivity index (χ0v) is 12.3. The van der Waals surface area contributed by atoms with Crippen molar-refractivity contribution in [3.63, 3.8) is 0 Å². The quantitative estimate of drug-likeness (QED) is 0.542. The highest BCUT2D eigenvalue weighted by Gasteiger charge is 2.40. The lowest BCUT2D eigenvalue weighted by atomic mass is 9.83. The first kappa shape index (κ1) is 15.2. The number of nitrogens with two attached hydrogens (primary N) is 2. The van der Waals surface area contributed by atoms with Crippen LogP contribution in [0, 0.1) is 0 Å². The number of rotatable bonds is 5. The molecule has 0 bridgehead atoms. The van der Waals surface area contributed by atoms with Crippen molar-refractivity contribution in [1.29, 1.82) is 0 Å². The van der Waals surface area contributed by atoms with Crippen molar-refractivity contribution in [2.24, 2.45) is 5.84 Å². The van der Waals surface area contributed by atoms with Crippen molar-refractivity contribution in [1.82, 2.24) is 15.3 Å². The maximum atomic E-state index is 6.10. The summed E-state index contributed by atoms with van der Waals surface area (Å²) in [5, 5.41) is 0. The van der Waals surface area contributed by atoms with Crippen LogP contribution < -0.4 is 17.0 Å². The predicted octanol–water partition coefficient (Wildman–Crippen LogP) is 0.669. The van der Waals surface area contributed by atoms with Gasteiger partial charge in [-0.15, -0.1) is 0 Å². The van der Waals surface area contributed by atoms with Gasteiger partial charge in [0.05, 0.1) is 19.3 Å². The number of hydrogen-bond donors (Lipinski definition) is 3. The number of pyridine rings is 1. The molecule has 1 aromatic heterocycles. The molecule has 2 rings (SSSR count). The van der Waals surface area contributed by atoms with E-state index in [2.05, 4.69) is 29.2 Å². The van der Waals surface area contributed by atoms with Crippen LogP contribution in [0.2, 0.25) is 0 Å². The highest BCUT2D eigenvalue weighted by molar-refractivity contribution is 5.47. The Kier molecular flexibility index (Phi) is 4.93. The van der Waals surface area contributed by atoms with Crippen LogP contribution in [0.25, 0.3) is 0 Å². The van der Waals surface area contributed by atoms with Crippen LogP contribution >= 0.6 is 0 Å². The van der Waals surface area contributed by atoms with Crippen molar-refractivity contribution in [2.45, 2.75) is 31.8 Å². The van der Waals surface area contributed by atoms with Crippen molar-refractivity contribution in [2.75, 3.05) is 32.0 Å². The molecule has 0 aromatic carbocycles. The van der Waals surface area contributed by atoms with Gasteiger partial charge in [0.1, 0.15) is 0 Å². The second kappa shape index (κ2) is 6.49. The lowest BCUT2D eigenvalue weighted by Crippen LogP contribution is -2.58. The Labute approximate surface area is 120 Å². The summed E-state index contributed by atoms with van der Waals surface area (Å²) in [6, 6.07) is 1.74. The molecule has 2 atom stereocenters. The van der Waals surface area contributed by atoms with Gasteiger partial charge in [-0.3, -0.25) is 21.2 Å². The molecule has 0 radical (unpaired) electrons. The maximum Gasteiger partial charge on any atom is 0.0676 e. The Balaban J connectivity index is 2.33. The second-order valence-electron chi connectivity index (χ2n) is 5.41. The molecule has 1 aromatic rings. The Morgan fingerprint density at radius 1 is 1.50 bits per heavy atom. The van der Waals surface area contributed by atoms with Crippen LogP contribution in [0.4, 0.5) is 5.69 Å². The van der Waals surface area contributed by atoms with E-state index in [4.69, 9.17) is 16.3 Å². The lowest BCUT2D eigenvalue weighted by molar-refractivity contribution is -0.0328. The fourth-order valence-corrected chi connectivity index (χ4v) is 2.95. The SMILES string of the molecule is CCC(C)(C(NN)c1cnccc1N)N1CCOCC1. The average Bonchev–Trinajstić information content (AvgIpc) is 2.50. The van der Waals surface area contributed by atoms with Gasteiger partial charge in [-0.2, -0.15) is 0 Å². The molecule has 1 fully saturated rings. The molecule has 6 heteroatoms. The van der Waals surface area contributed by atoms with E-state index in [1.165, 1.54) is 0 Å². The minimum Gasteiger partial charge on any atom is -0.398 e. The minimum atomic E-state index is -0.129. The normalized spacial score (nSPS) is 21.4. The van der Waals surface area contributed by atoms with Crippen molar-refractivity contribution in [3.05, 3.63) is 24.0 Å². The van der Waals surface area contributed by atoms with E-state index in [1.54, 1.807) is 12.4 Å². The number of aromatic nitrogens is 1. The predicted molar refractivity (Wildman–Crippen MR) is 79.8 cm³/mol. The fraction of sp³-hybridized carbons (Fsp3) is 0.643. The number of nitrogens with one attached hydrogen (secondary N) is 1. The molecule has 20 heavy (non-hydrogen) atoms. The van der Waals surface area contributed by atoms with Crippen LogP contribution in [0.3, 0.4) is 0 Å². The number of ether oxygens (including phenoxy) is 1. The average molecular weight is 279 g/mol. The molecule has 1 aliphatic heterocycles. The van der Waals surface area contributed by atoms with Crippen molar-refractivity contribution >= 4 is 5.69 Å². The van der Waals surface area contributed by atoms with E-state index in [0.29, 0.717) is 0 Å². The van der Waals surface area contributed by atoms with Gasteiger partial charge < -0.3 is 10.5 Å². The molecular weight excluding hydrogens is 254 g/mol. The summed E-state index contributed by atoms with van der Waals surface area (Å²) in [6.07, 6.45) is 4.45. The Hall–Kier alpha value is -1.21. The number of nitrogen functional groups attached to an aromatic ring is 1. The van der Waals surface area contributed by atoms with Crippen LogP contribution in [0.1, 0.15) is 31.9 Å². The van der Waals surface area contributed by atoms with E-state index in [-0.39, 0.29) is 11.6 Å². The second-order valence-corrected chi connectivity index (χ2v) is 5.41. The molecule has 0 saturated carbocycles. The lowest BCUT2D eigenvalue weighted by Gasteiger charge is -2.47. The fourth-order valence-electron chi connectivity index (χ4n) is 2.95. The van der Waals surface area contributed by atoms with E-state index < -0.39 is 0 Å². The summed E-state index contributed by atoms with van der Waals surface area (Å²) >= 11 is 0. The Bertz CT molecular complexity index is 435. The first-order chi connectivity index (χ1) is 9.63. The largest absolute Gasteiger partial charge is 0.398 e. The molecule has 112 valence electrons. The van der Waals surface area contributed by atoms with Crippen LogP contribution in [-0.4, -0.2) is 41.7 Å². The standard InChI is InChI=1S/C14H25N5O/c1-3-14(2,19-6-8-20-9-7-19)13(18-16)11-10-17-5-4-12(11)15/h4-5,10,13,18H,3,6-9,16H2,1-2H3,(H2,15,17). The number of hydrogen-bond acceptors (Lipinski definition) is 6. The van der Waals surface area contributed by atoms with Gasteiger partial charge in [-0.05, 0) is 19.4 Å². The number of nitrogens with zero attached hydrogens (tertiary/aromatic N) is 2. The monoisotopic (exact) mass is 279 g/mol. The summed E-state index contributed by atoms with van der Waals surface area (Å²) in [7, 11) is 0. The molecule has 0 spiro atoms. The Morgan fingerprint density at radius 3 is 2.75 bits per heavy atom. The summed E-state index contributed by atoms with van der Waals surface area (Å²) in [5.41, 5.74) is 10.6. The molecule has 6 nitrogen and oxygen atoms in total. The first-order valence-corrected chi connectivity index (χ1v) is 7.11. The first-order valence-electron chi connectivity index (χ1n) is 7.11. The summed E-state index contributed by atoms with van der Waals surface area (Å²) in [5.74, 6) is 5.85. The minimum absolute atomic E-state index is 0.0701.